The summed E-state index contributed by atoms with van der Waals surface area (Å²) in [6.45, 7) is 4.77. The van der Waals surface area contributed by atoms with Crippen molar-refractivity contribution in [1.82, 2.24) is 19.9 Å². The van der Waals surface area contributed by atoms with Crippen LogP contribution in [0.1, 0.15) is 42.5 Å². The van der Waals surface area contributed by atoms with Crippen LogP contribution in [0.3, 0.4) is 0 Å². The lowest BCUT2D eigenvalue weighted by Crippen LogP contribution is -2.50. The molecule has 1 saturated heterocycles. The molecule has 1 fully saturated rings. The number of carbonyl (C=O) groups excluding carboxylic acids is 2. The fourth-order valence-corrected chi connectivity index (χ4v) is 4.21. The van der Waals surface area contributed by atoms with Gasteiger partial charge < -0.3 is 15.0 Å². The highest BCUT2D eigenvalue weighted by molar-refractivity contribution is 7.17. The molecule has 0 aliphatic carbocycles. The maximum absolute atomic E-state index is 13.0. The molecule has 1 atom stereocenters. The van der Waals surface area contributed by atoms with Gasteiger partial charge in [0.2, 0.25) is 5.95 Å². The number of rotatable bonds is 6. The van der Waals surface area contributed by atoms with Crippen LogP contribution in [0.15, 0.2) is 35.8 Å². The number of likely N-dealkylation sites (tertiary alicyclic amines) is 1. The number of aromatic nitrogens is 3. The molecule has 0 aromatic carbocycles. The van der Waals surface area contributed by atoms with Gasteiger partial charge in [-0.2, -0.15) is 0 Å². The highest BCUT2D eigenvalue weighted by Crippen LogP contribution is 2.28. The van der Waals surface area contributed by atoms with Crippen LogP contribution in [0.5, 0.6) is 0 Å². The fraction of sp³-hybridized carbons (Fsp3) is 0.350. The summed E-state index contributed by atoms with van der Waals surface area (Å²) >= 11 is 1.46. The van der Waals surface area contributed by atoms with Crippen molar-refractivity contribution in [1.29, 1.82) is 0 Å². The summed E-state index contributed by atoms with van der Waals surface area (Å²) in [4.78, 5) is 39.4. The van der Waals surface area contributed by atoms with Crippen LogP contribution < -0.4 is 5.32 Å². The predicted octanol–water partition coefficient (Wildman–Crippen LogP) is 3.31. The average molecular weight is 395 g/mol. The molecule has 3 aromatic heterocycles. The number of anilines is 1. The number of thiophene rings is 1. The predicted molar refractivity (Wildman–Crippen MR) is 108 cm³/mol. The van der Waals surface area contributed by atoms with E-state index in [4.69, 9.17) is 0 Å². The summed E-state index contributed by atoms with van der Waals surface area (Å²) in [5, 5.41) is 5.16. The third kappa shape index (κ3) is 3.73. The van der Waals surface area contributed by atoms with Gasteiger partial charge in [-0.05, 0) is 37.4 Å². The molecule has 28 heavy (non-hydrogen) atoms. The maximum Gasteiger partial charge on any atom is 0.274 e. The van der Waals surface area contributed by atoms with E-state index in [1.807, 2.05) is 36.6 Å². The molecule has 8 heteroatoms. The van der Waals surface area contributed by atoms with Crippen LogP contribution in [-0.4, -0.2) is 44.6 Å². The van der Waals surface area contributed by atoms with Gasteiger partial charge >= 0.3 is 0 Å². The zero-order chi connectivity index (χ0) is 19.7. The largest absolute Gasteiger partial charge is 0.346 e. The number of nitrogens with one attached hydrogen (secondary N) is 1. The van der Waals surface area contributed by atoms with Gasteiger partial charge in [0.25, 0.3) is 5.91 Å². The molecule has 1 N–H and O–H groups in total. The third-order valence-corrected chi connectivity index (χ3v) is 5.71. The molecule has 0 saturated carbocycles. The Hall–Kier alpha value is -2.87. The van der Waals surface area contributed by atoms with Gasteiger partial charge in [-0.15, -0.1) is 11.3 Å². The first kappa shape index (κ1) is 18.5. The van der Waals surface area contributed by atoms with Gasteiger partial charge in [0.1, 0.15) is 5.78 Å². The maximum atomic E-state index is 13.0. The number of fused-ring (bicyclic) bond motifs is 1. The van der Waals surface area contributed by atoms with E-state index < -0.39 is 0 Å². The van der Waals surface area contributed by atoms with Crippen molar-refractivity contribution in [3.8, 4) is 0 Å². The zero-order valence-electron chi connectivity index (χ0n) is 15.8. The Kier molecular flexibility index (Phi) is 5.04. The number of carbonyl (C=O) groups is 2. The van der Waals surface area contributed by atoms with Crippen molar-refractivity contribution >= 4 is 39.2 Å². The lowest BCUT2D eigenvalue weighted by Gasteiger charge is -2.38. The van der Waals surface area contributed by atoms with E-state index in [2.05, 4.69) is 20.3 Å². The lowest BCUT2D eigenvalue weighted by atomic mass is 9.94. The van der Waals surface area contributed by atoms with E-state index in [1.54, 1.807) is 18.0 Å². The second kappa shape index (κ2) is 7.63. The molecular weight excluding hydrogens is 374 g/mol. The molecule has 1 amide bonds. The monoisotopic (exact) mass is 395 g/mol. The highest BCUT2D eigenvalue weighted by atomic mass is 32.1. The minimum Gasteiger partial charge on any atom is -0.346 e. The third-order valence-electron chi connectivity index (χ3n) is 4.80. The number of ketones is 1. The number of amides is 1. The van der Waals surface area contributed by atoms with E-state index in [0.717, 1.165) is 15.9 Å². The molecule has 1 aliphatic heterocycles. The van der Waals surface area contributed by atoms with Crippen molar-refractivity contribution in [2.45, 2.75) is 26.3 Å². The van der Waals surface area contributed by atoms with Crippen molar-refractivity contribution in [3.63, 3.8) is 0 Å². The minimum atomic E-state index is -0.108. The zero-order valence-corrected chi connectivity index (χ0v) is 16.6. The molecule has 3 aromatic rings. The molecular formula is C20H21N5O2S. The quantitative estimate of drug-likeness (QED) is 0.689. The van der Waals surface area contributed by atoms with Crippen molar-refractivity contribution in [2.24, 2.45) is 5.92 Å². The van der Waals surface area contributed by atoms with E-state index in [-0.39, 0.29) is 23.7 Å². The SMILES string of the molecule is CC(=O)CC1CN(C(=O)c2nc(N[C@@H](C)c3ccccn3)nc3ccsc23)C1. The van der Waals surface area contributed by atoms with Gasteiger partial charge in [0.05, 0.1) is 22.0 Å². The van der Waals surface area contributed by atoms with Crippen LogP contribution in [0.4, 0.5) is 5.95 Å². The van der Waals surface area contributed by atoms with E-state index in [1.165, 1.54) is 11.3 Å². The van der Waals surface area contributed by atoms with Gasteiger partial charge in [0.15, 0.2) is 5.69 Å². The smallest absolute Gasteiger partial charge is 0.274 e. The molecule has 0 radical (unpaired) electrons. The summed E-state index contributed by atoms with van der Waals surface area (Å²) in [5.41, 5.74) is 2.04. The second-order valence-corrected chi connectivity index (χ2v) is 8.05. The average Bonchev–Trinajstić information content (AvgIpc) is 3.12. The first-order valence-corrected chi connectivity index (χ1v) is 10.1. The number of hydrogen-bond donors (Lipinski definition) is 1. The fourth-order valence-electron chi connectivity index (χ4n) is 3.39. The summed E-state index contributed by atoms with van der Waals surface area (Å²) in [7, 11) is 0. The van der Waals surface area contributed by atoms with Gasteiger partial charge in [0, 0.05) is 31.6 Å². The Morgan fingerprint density at radius 3 is 2.82 bits per heavy atom. The van der Waals surface area contributed by atoms with Gasteiger partial charge in [-0.3, -0.25) is 9.78 Å². The van der Waals surface area contributed by atoms with Crippen LogP contribution in [0.2, 0.25) is 0 Å². The molecule has 4 heterocycles. The van der Waals surface area contributed by atoms with Gasteiger partial charge in [-0.1, -0.05) is 6.07 Å². The van der Waals surface area contributed by atoms with Crippen molar-refractivity contribution < 1.29 is 9.59 Å². The Balaban J connectivity index is 1.56. The summed E-state index contributed by atoms with van der Waals surface area (Å²) in [6, 6.07) is 7.53. The van der Waals surface area contributed by atoms with Gasteiger partial charge in [-0.25, -0.2) is 9.97 Å². The number of nitrogens with zero attached hydrogens (tertiary/aromatic N) is 4. The highest BCUT2D eigenvalue weighted by Gasteiger charge is 2.33. The molecule has 0 bridgehead atoms. The molecule has 7 nitrogen and oxygen atoms in total. The molecule has 0 unspecified atom stereocenters. The van der Waals surface area contributed by atoms with E-state index in [0.29, 0.717) is 31.2 Å². The number of hydrogen-bond acceptors (Lipinski definition) is 7. The Morgan fingerprint density at radius 1 is 1.29 bits per heavy atom. The van der Waals surface area contributed by atoms with Crippen LogP contribution >= 0.6 is 11.3 Å². The first-order valence-electron chi connectivity index (χ1n) is 9.22. The normalized spacial score (nSPS) is 15.3. The summed E-state index contributed by atoms with van der Waals surface area (Å²) in [6.07, 6.45) is 2.27. The van der Waals surface area contributed by atoms with E-state index in [9.17, 15) is 9.59 Å². The first-order chi connectivity index (χ1) is 13.5. The van der Waals surface area contributed by atoms with Crippen molar-refractivity contribution in [2.75, 3.05) is 18.4 Å². The van der Waals surface area contributed by atoms with Crippen molar-refractivity contribution in [3.05, 3.63) is 47.2 Å². The minimum absolute atomic E-state index is 0.0933. The molecule has 1 aliphatic rings. The Labute approximate surface area is 166 Å². The Bertz CT molecular complexity index is 1010. The molecule has 0 spiro atoms. The topological polar surface area (TPSA) is 88.1 Å². The number of Topliss-reactive ketones (excluding diaryl/α,β-unsaturated/α-hetero) is 1. The Morgan fingerprint density at radius 2 is 2.11 bits per heavy atom. The summed E-state index contributed by atoms with van der Waals surface area (Å²) in [5.74, 6) is 0.718. The van der Waals surface area contributed by atoms with Crippen LogP contribution in [-0.2, 0) is 4.79 Å². The van der Waals surface area contributed by atoms with Crippen LogP contribution in [0.25, 0.3) is 10.2 Å². The summed E-state index contributed by atoms with van der Waals surface area (Å²) < 4.78 is 0.788. The molecule has 144 valence electrons. The molecule has 4 rings (SSSR count). The standard InChI is InChI=1S/C20H21N5O2S/c1-12(26)9-14-10-25(11-14)19(27)17-18-16(6-8-28-18)23-20(24-17)22-13(2)15-5-3-4-7-21-15/h3-8,13-14H,9-11H2,1-2H3,(H,22,23,24)/t13-/m0/s1. The lowest BCUT2D eigenvalue weighted by molar-refractivity contribution is -0.118. The second-order valence-electron chi connectivity index (χ2n) is 7.13. The number of pyridine rings is 1. The van der Waals surface area contributed by atoms with Crippen LogP contribution in [0, 0.1) is 5.92 Å². The van der Waals surface area contributed by atoms with E-state index >= 15 is 0 Å².